The molecular weight excluding hydrogens is 269 g/mol. The molecule has 0 N–H and O–H groups in total. The molecule has 0 aliphatic rings. The van der Waals surface area contributed by atoms with Crippen LogP contribution in [0.25, 0.3) is 11.3 Å². The highest BCUT2D eigenvalue weighted by Gasteiger charge is 2.30. The highest BCUT2D eigenvalue weighted by molar-refractivity contribution is 6.05. The minimum Gasteiger partial charge on any atom is -0.465 e. The van der Waals surface area contributed by atoms with Gasteiger partial charge in [-0.2, -0.15) is 0 Å². The summed E-state index contributed by atoms with van der Waals surface area (Å²) in [5.74, 6) is -2.81. The van der Waals surface area contributed by atoms with E-state index in [0.29, 0.717) is 0 Å². The van der Waals surface area contributed by atoms with E-state index >= 15 is 0 Å². The Bertz CT molecular complexity index is 665. The molecule has 0 aliphatic heterocycles. The second kappa shape index (κ2) is 5.52. The largest absolute Gasteiger partial charge is 0.465 e. The Morgan fingerprint density at radius 1 is 1.15 bits per heavy atom. The van der Waals surface area contributed by atoms with Crippen LogP contribution in [-0.2, 0) is 9.47 Å². The first-order valence-corrected chi connectivity index (χ1v) is 5.51. The number of esters is 2. The standard InChI is InChI=1S/C13H10FNO5/c1-18-12(16)9-10(7-5-3-4-6-8(7)14)15-20-11(9)13(17)19-2/h3-6H,1-2H3. The van der Waals surface area contributed by atoms with Crippen molar-refractivity contribution in [3.63, 3.8) is 0 Å². The minimum absolute atomic E-state index is 0.0202. The van der Waals surface area contributed by atoms with Gasteiger partial charge in [-0.15, -0.1) is 0 Å². The summed E-state index contributed by atoms with van der Waals surface area (Å²) in [6.07, 6.45) is 0. The average Bonchev–Trinajstić information content (AvgIpc) is 2.90. The maximum absolute atomic E-state index is 13.8. The van der Waals surface area contributed by atoms with Gasteiger partial charge >= 0.3 is 11.9 Å². The highest BCUT2D eigenvalue weighted by atomic mass is 19.1. The fourth-order valence-electron chi connectivity index (χ4n) is 1.65. The fourth-order valence-corrected chi connectivity index (χ4v) is 1.65. The number of rotatable bonds is 3. The van der Waals surface area contributed by atoms with Gasteiger partial charge < -0.3 is 14.0 Å². The Morgan fingerprint density at radius 3 is 2.40 bits per heavy atom. The topological polar surface area (TPSA) is 78.6 Å². The van der Waals surface area contributed by atoms with Gasteiger partial charge in [-0.1, -0.05) is 17.3 Å². The first-order chi connectivity index (χ1) is 9.60. The molecule has 0 spiro atoms. The number of benzene rings is 1. The third-order valence-corrected chi connectivity index (χ3v) is 2.58. The summed E-state index contributed by atoms with van der Waals surface area (Å²) in [5.41, 5.74) is -0.369. The van der Waals surface area contributed by atoms with E-state index in [1.165, 1.54) is 18.2 Å². The van der Waals surface area contributed by atoms with Crippen LogP contribution in [0.2, 0.25) is 0 Å². The molecule has 0 fully saturated rings. The first-order valence-electron chi connectivity index (χ1n) is 5.51. The number of halogens is 1. The molecule has 0 unspecified atom stereocenters. The predicted octanol–water partition coefficient (Wildman–Crippen LogP) is 2.05. The number of hydrogen-bond acceptors (Lipinski definition) is 6. The zero-order chi connectivity index (χ0) is 14.7. The Labute approximate surface area is 113 Å². The zero-order valence-corrected chi connectivity index (χ0v) is 10.7. The quantitative estimate of drug-likeness (QED) is 0.800. The molecule has 7 heteroatoms. The van der Waals surface area contributed by atoms with Crippen LogP contribution in [0.15, 0.2) is 28.8 Å². The maximum Gasteiger partial charge on any atom is 0.377 e. The van der Waals surface area contributed by atoms with Crippen molar-refractivity contribution in [2.75, 3.05) is 14.2 Å². The van der Waals surface area contributed by atoms with Crippen LogP contribution < -0.4 is 0 Å². The van der Waals surface area contributed by atoms with E-state index in [9.17, 15) is 14.0 Å². The van der Waals surface area contributed by atoms with Crippen LogP contribution in [0.3, 0.4) is 0 Å². The highest BCUT2D eigenvalue weighted by Crippen LogP contribution is 2.28. The van der Waals surface area contributed by atoms with Crippen molar-refractivity contribution in [2.24, 2.45) is 0 Å². The predicted molar refractivity (Wildman–Crippen MR) is 64.6 cm³/mol. The fraction of sp³-hybridized carbons (Fsp3) is 0.154. The van der Waals surface area contributed by atoms with E-state index in [0.717, 1.165) is 14.2 Å². The van der Waals surface area contributed by atoms with E-state index in [2.05, 4.69) is 14.6 Å². The number of carbonyl (C=O) groups is 2. The molecule has 1 aromatic carbocycles. The molecule has 0 atom stereocenters. The number of nitrogens with zero attached hydrogens (tertiary/aromatic N) is 1. The van der Waals surface area contributed by atoms with Gasteiger partial charge in [0, 0.05) is 5.56 Å². The van der Waals surface area contributed by atoms with Crippen LogP contribution in [0.4, 0.5) is 4.39 Å². The lowest BCUT2D eigenvalue weighted by Gasteiger charge is -2.02. The van der Waals surface area contributed by atoms with Gasteiger partial charge in [0.25, 0.3) is 5.76 Å². The summed E-state index contributed by atoms with van der Waals surface area (Å²) in [4.78, 5) is 23.3. The molecule has 2 rings (SSSR count). The van der Waals surface area contributed by atoms with Gasteiger partial charge in [0.2, 0.25) is 0 Å². The van der Waals surface area contributed by atoms with Crippen molar-refractivity contribution in [1.29, 1.82) is 0 Å². The van der Waals surface area contributed by atoms with Crippen LogP contribution in [-0.4, -0.2) is 31.3 Å². The molecule has 1 aromatic heterocycles. The Morgan fingerprint density at radius 2 is 1.80 bits per heavy atom. The molecule has 0 radical (unpaired) electrons. The number of hydrogen-bond donors (Lipinski definition) is 0. The van der Waals surface area contributed by atoms with Crippen LogP contribution >= 0.6 is 0 Å². The van der Waals surface area contributed by atoms with Gasteiger partial charge in [0.15, 0.2) is 0 Å². The molecule has 6 nitrogen and oxygen atoms in total. The number of carbonyl (C=O) groups excluding carboxylic acids is 2. The normalized spacial score (nSPS) is 10.2. The van der Waals surface area contributed by atoms with Gasteiger partial charge in [-0.05, 0) is 12.1 Å². The third kappa shape index (κ3) is 2.25. The van der Waals surface area contributed by atoms with Crippen molar-refractivity contribution in [2.45, 2.75) is 0 Å². The van der Waals surface area contributed by atoms with Gasteiger partial charge in [-0.3, -0.25) is 0 Å². The average molecular weight is 279 g/mol. The molecule has 0 amide bonds. The van der Waals surface area contributed by atoms with E-state index in [-0.39, 0.29) is 16.8 Å². The Balaban J connectivity index is 2.66. The Hall–Kier alpha value is -2.70. The number of methoxy groups -OCH3 is 2. The molecular formula is C13H10FNO5. The van der Waals surface area contributed by atoms with E-state index in [1.807, 2.05) is 0 Å². The Kier molecular flexibility index (Phi) is 3.79. The monoisotopic (exact) mass is 279 g/mol. The number of ether oxygens (including phenoxy) is 2. The van der Waals surface area contributed by atoms with Gasteiger partial charge in [0.1, 0.15) is 17.1 Å². The number of aromatic nitrogens is 1. The lowest BCUT2D eigenvalue weighted by molar-refractivity contribution is 0.0521. The van der Waals surface area contributed by atoms with Crippen LogP contribution in [0, 0.1) is 5.82 Å². The first kappa shape index (κ1) is 13.7. The molecule has 0 saturated heterocycles. The molecule has 1 heterocycles. The molecule has 0 aliphatic carbocycles. The van der Waals surface area contributed by atoms with E-state index < -0.39 is 23.5 Å². The lowest BCUT2D eigenvalue weighted by Crippen LogP contribution is -2.10. The summed E-state index contributed by atoms with van der Waals surface area (Å²) < 4.78 is 27.6. The van der Waals surface area contributed by atoms with Crippen molar-refractivity contribution >= 4 is 11.9 Å². The van der Waals surface area contributed by atoms with Crippen molar-refractivity contribution in [3.8, 4) is 11.3 Å². The summed E-state index contributed by atoms with van der Waals surface area (Å²) in [5, 5.41) is 3.57. The van der Waals surface area contributed by atoms with Crippen molar-refractivity contribution in [3.05, 3.63) is 41.4 Å². The molecule has 20 heavy (non-hydrogen) atoms. The molecule has 104 valence electrons. The van der Waals surface area contributed by atoms with Crippen molar-refractivity contribution in [1.82, 2.24) is 5.16 Å². The van der Waals surface area contributed by atoms with E-state index in [4.69, 9.17) is 4.52 Å². The summed E-state index contributed by atoms with van der Waals surface area (Å²) in [6.45, 7) is 0. The summed E-state index contributed by atoms with van der Waals surface area (Å²) in [7, 11) is 2.25. The third-order valence-electron chi connectivity index (χ3n) is 2.58. The second-order valence-corrected chi connectivity index (χ2v) is 3.70. The smallest absolute Gasteiger partial charge is 0.377 e. The zero-order valence-electron chi connectivity index (χ0n) is 10.7. The van der Waals surface area contributed by atoms with Gasteiger partial charge in [-0.25, -0.2) is 14.0 Å². The molecule has 0 bridgehead atoms. The summed E-state index contributed by atoms with van der Waals surface area (Å²) >= 11 is 0. The molecule has 2 aromatic rings. The maximum atomic E-state index is 13.8. The van der Waals surface area contributed by atoms with Crippen LogP contribution in [0.1, 0.15) is 20.9 Å². The minimum atomic E-state index is -0.902. The SMILES string of the molecule is COC(=O)c1onc(-c2ccccc2F)c1C(=O)OC. The van der Waals surface area contributed by atoms with Crippen LogP contribution in [0.5, 0.6) is 0 Å². The lowest BCUT2D eigenvalue weighted by atomic mass is 10.1. The summed E-state index contributed by atoms with van der Waals surface area (Å²) in [6, 6.07) is 5.65. The van der Waals surface area contributed by atoms with Crippen molar-refractivity contribution < 1.29 is 28.0 Å². The van der Waals surface area contributed by atoms with E-state index in [1.54, 1.807) is 6.07 Å². The van der Waals surface area contributed by atoms with Gasteiger partial charge in [0.05, 0.1) is 14.2 Å². The second-order valence-electron chi connectivity index (χ2n) is 3.70. The molecule has 0 saturated carbocycles.